The van der Waals surface area contributed by atoms with Gasteiger partial charge in [0.05, 0.1) is 7.11 Å². The summed E-state index contributed by atoms with van der Waals surface area (Å²) in [6.45, 7) is 5.56. The van der Waals surface area contributed by atoms with Crippen molar-refractivity contribution in [2.24, 2.45) is 0 Å². The number of carbonyl (C=O) groups excluding carboxylic acids is 1. The number of benzene rings is 1. The molecule has 2 rings (SSSR count). The first-order valence-corrected chi connectivity index (χ1v) is 5.76. The molecule has 3 heteroatoms. The molecule has 1 fully saturated rings. The molecule has 89 valence electrons. The van der Waals surface area contributed by atoms with E-state index in [1.54, 1.807) is 19.2 Å². The van der Waals surface area contributed by atoms with E-state index >= 15 is 0 Å². The summed E-state index contributed by atoms with van der Waals surface area (Å²) in [4.78, 5) is 14.0. The Labute approximate surface area is 102 Å². The largest absolute Gasteiger partial charge is 0.496 e. The average Bonchev–Trinajstić information content (AvgIpc) is 2.90. The molecule has 1 saturated heterocycles. The van der Waals surface area contributed by atoms with Crippen LogP contribution >= 0.6 is 0 Å². The molecule has 17 heavy (non-hydrogen) atoms. The lowest BCUT2D eigenvalue weighted by Crippen LogP contribution is -2.28. The molecule has 1 radical (unpaired) electrons. The van der Waals surface area contributed by atoms with Gasteiger partial charge in [-0.2, -0.15) is 0 Å². The van der Waals surface area contributed by atoms with Crippen LogP contribution in [0.1, 0.15) is 18.4 Å². The number of methoxy groups -OCH3 is 1. The van der Waals surface area contributed by atoms with Crippen LogP contribution in [0.25, 0.3) is 5.57 Å². The van der Waals surface area contributed by atoms with Crippen molar-refractivity contribution in [2.75, 3.05) is 20.2 Å². The summed E-state index contributed by atoms with van der Waals surface area (Å²) in [5, 5.41) is 0. The Hall–Kier alpha value is -1.77. The van der Waals surface area contributed by atoms with Gasteiger partial charge in [0.25, 0.3) is 5.91 Å². The highest BCUT2D eigenvalue weighted by atomic mass is 16.5. The maximum absolute atomic E-state index is 12.2. The summed E-state index contributed by atoms with van der Waals surface area (Å²) in [5.41, 5.74) is 1.25. The van der Waals surface area contributed by atoms with E-state index in [0.29, 0.717) is 11.3 Å². The maximum Gasteiger partial charge on any atom is 0.253 e. The van der Waals surface area contributed by atoms with Gasteiger partial charge >= 0.3 is 0 Å². The fraction of sp³-hybridized carbons (Fsp3) is 0.357. The number of rotatable bonds is 3. The number of nitrogens with zero attached hydrogens (tertiary/aromatic N) is 1. The Morgan fingerprint density at radius 3 is 2.82 bits per heavy atom. The molecule has 3 nitrogen and oxygen atoms in total. The van der Waals surface area contributed by atoms with Gasteiger partial charge in [0.15, 0.2) is 0 Å². The Balaban J connectivity index is 2.21. The normalized spacial score (nSPS) is 14.8. The minimum absolute atomic E-state index is 0.00648. The van der Waals surface area contributed by atoms with Gasteiger partial charge in [-0.25, -0.2) is 0 Å². The third kappa shape index (κ3) is 2.33. The van der Waals surface area contributed by atoms with Crippen LogP contribution in [0.15, 0.2) is 24.8 Å². The second kappa shape index (κ2) is 5.04. The molecule has 0 spiro atoms. The van der Waals surface area contributed by atoms with Crippen molar-refractivity contribution in [1.82, 2.24) is 4.90 Å². The van der Waals surface area contributed by atoms with Gasteiger partial charge < -0.3 is 9.64 Å². The van der Waals surface area contributed by atoms with E-state index in [1.807, 2.05) is 11.0 Å². The van der Waals surface area contributed by atoms with Crippen LogP contribution in [0, 0.1) is 6.07 Å². The highest BCUT2D eigenvalue weighted by Crippen LogP contribution is 2.26. The van der Waals surface area contributed by atoms with Crippen LogP contribution in [-0.4, -0.2) is 31.0 Å². The minimum Gasteiger partial charge on any atom is -0.496 e. The summed E-state index contributed by atoms with van der Waals surface area (Å²) in [5.74, 6) is 0.650. The van der Waals surface area contributed by atoms with Gasteiger partial charge in [-0.3, -0.25) is 4.79 Å². The summed E-state index contributed by atoms with van der Waals surface area (Å²) in [6, 6.07) is 8.22. The van der Waals surface area contributed by atoms with Crippen LogP contribution < -0.4 is 4.74 Å². The third-order valence-corrected chi connectivity index (χ3v) is 3.02. The van der Waals surface area contributed by atoms with Gasteiger partial charge in [-0.05, 0) is 31.0 Å². The summed E-state index contributed by atoms with van der Waals surface area (Å²) >= 11 is 0. The molecule has 0 aliphatic carbocycles. The van der Waals surface area contributed by atoms with Crippen molar-refractivity contribution >= 4 is 11.5 Å². The number of carbonyl (C=O) groups is 1. The van der Waals surface area contributed by atoms with E-state index in [9.17, 15) is 4.79 Å². The lowest BCUT2D eigenvalue weighted by atomic mass is 10.1. The van der Waals surface area contributed by atoms with Crippen LogP contribution in [0.4, 0.5) is 0 Å². The first-order chi connectivity index (χ1) is 8.24. The SMILES string of the molecule is C=C(C(=O)N1CCCC1)c1cc[c]cc1OC. The van der Waals surface area contributed by atoms with Gasteiger partial charge in [0.2, 0.25) is 0 Å². The summed E-state index contributed by atoms with van der Waals surface area (Å²) < 4.78 is 5.22. The fourth-order valence-electron chi connectivity index (χ4n) is 2.06. The molecule has 0 saturated carbocycles. The molecule has 1 amide bonds. The summed E-state index contributed by atoms with van der Waals surface area (Å²) in [7, 11) is 1.58. The molecule has 1 aliphatic rings. The van der Waals surface area contributed by atoms with Crippen molar-refractivity contribution in [3.8, 4) is 5.75 Å². The highest BCUT2D eigenvalue weighted by Gasteiger charge is 2.22. The fourth-order valence-corrected chi connectivity index (χ4v) is 2.06. The first kappa shape index (κ1) is 11.7. The van der Waals surface area contributed by atoms with Crippen LogP contribution in [0.2, 0.25) is 0 Å². The molecule has 0 N–H and O–H groups in total. The smallest absolute Gasteiger partial charge is 0.253 e. The minimum atomic E-state index is 0.00648. The van der Waals surface area contributed by atoms with Crippen molar-refractivity contribution < 1.29 is 9.53 Å². The predicted molar refractivity (Wildman–Crippen MR) is 66.7 cm³/mol. The molecular weight excluding hydrogens is 214 g/mol. The molecule has 0 aromatic heterocycles. The van der Waals surface area contributed by atoms with Crippen LogP contribution in [0.5, 0.6) is 5.75 Å². The van der Waals surface area contributed by atoms with Crippen molar-refractivity contribution in [1.29, 1.82) is 0 Å². The summed E-state index contributed by atoms with van der Waals surface area (Å²) in [6.07, 6.45) is 2.16. The molecule has 0 atom stereocenters. The zero-order valence-corrected chi connectivity index (χ0v) is 10.0. The lowest BCUT2D eigenvalue weighted by Gasteiger charge is -2.18. The zero-order chi connectivity index (χ0) is 12.3. The number of ether oxygens (including phenoxy) is 1. The molecular formula is C14H16NO2. The van der Waals surface area contributed by atoms with E-state index in [0.717, 1.165) is 31.5 Å². The van der Waals surface area contributed by atoms with Gasteiger partial charge in [-0.15, -0.1) is 0 Å². The molecule has 1 heterocycles. The number of amides is 1. The topological polar surface area (TPSA) is 29.5 Å². The number of hydrogen-bond acceptors (Lipinski definition) is 2. The second-order valence-electron chi connectivity index (χ2n) is 4.10. The van der Waals surface area contributed by atoms with Crippen molar-refractivity contribution in [2.45, 2.75) is 12.8 Å². The Bertz CT molecular complexity index is 434. The van der Waals surface area contributed by atoms with Crippen LogP contribution in [0.3, 0.4) is 0 Å². The quantitative estimate of drug-likeness (QED) is 0.744. The third-order valence-electron chi connectivity index (χ3n) is 3.02. The first-order valence-electron chi connectivity index (χ1n) is 5.76. The standard InChI is InChI=1S/C14H16NO2/c1-11(14(16)15-9-5-6-10-15)12-7-3-4-8-13(12)17-2/h3,7-8H,1,5-6,9-10H2,2H3. The number of hydrogen-bond donors (Lipinski definition) is 0. The van der Waals surface area contributed by atoms with E-state index in [1.165, 1.54) is 0 Å². The lowest BCUT2D eigenvalue weighted by molar-refractivity contribution is -0.123. The van der Waals surface area contributed by atoms with E-state index < -0.39 is 0 Å². The zero-order valence-electron chi connectivity index (χ0n) is 10.0. The maximum atomic E-state index is 12.2. The average molecular weight is 230 g/mol. The molecule has 1 aromatic carbocycles. The molecule has 0 unspecified atom stereocenters. The Morgan fingerprint density at radius 2 is 2.18 bits per heavy atom. The second-order valence-corrected chi connectivity index (χ2v) is 4.10. The van der Waals surface area contributed by atoms with Gasteiger partial charge in [-0.1, -0.05) is 12.6 Å². The molecule has 0 bridgehead atoms. The predicted octanol–water partition coefficient (Wildman–Crippen LogP) is 2.13. The monoisotopic (exact) mass is 230 g/mol. The van der Waals surface area contributed by atoms with Gasteiger partial charge in [0, 0.05) is 24.2 Å². The van der Waals surface area contributed by atoms with Crippen molar-refractivity contribution in [3.05, 3.63) is 36.4 Å². The Kier molecular flexibility index (Phi) is 3.47. The van der Waals surface area contributed by atoms with Crippen molar-refractivity contribution in [3.63, 3.8) is 0 Å². The van der Waals surface area contributed by atoms with E-state index in [2.05, 4.69) is 12.6 Å². The van der Waals surface area contributed by atoms with E-state index in [-0.39, 0.29) is 5.91 Å². The highest BCUT2D eigenvalue weighted by molar-refractivity contribution is 6.19. The Morgan fingerprint density at radius 1 is 1.47 bits per heavy atom. The molecule has 1 aliphatic heterocycles. The number of likely N-dealkylation sites (tertiary alicyclic amines) is 1. The van der Waals surface area contributed by atoms with E-state index in [4.69, 9.17) is 4.74 Å². The molecule has 1 aromatic rings. The van der Waals surface area contributed by atoms with Gasteiger partial charge in [0.1, 0.15) is 5.75 Å². The van der Waals surface area contributed by atoms with Crippen LogP contribution in [-0.2, 0) is 4.79 Å².